The topological polar surface area (TPSA) is 84.0 Å². The number of nitrogens with zero attached hydrogens (tertiary/aromatic N) is 2. The monoisotopic (exact) mass is 370 g/mol. The molecular weight excluding hydrogens is 356 g/mol. The highest BCUT2D eigenvalue weighted by Crippen LogP contribution is 2.18. The molecule has 1 aromatic carbocycles. The number of anilines is 1. The first-order valence-electron chi connectivity index (χ1n) is 6.20. The SMILES string of the molecule is CNC(C)c1ccc(S(=O)(=O)Nc2cnc(Br)cn2)cc1. The van der Waals surface area contributed by atoms with Gasteiger partial charge in [-0.15, -0.1) is 0 Å². The largest absolute Gasteiger partial charge is 0.313 e. The van der Waals surface area contributed by atoms with Gasteiger partial charge >= 0.3 is 0 Å². The standard InChI is InChI=1S/C13H15BrN4O2S/c1-9(15-2)10-3-5-11(6-4-10)21(19,20)18-13-8-16-12(14)7-17-13/h3-9,15H,1-2H3,(H,17,18). The van der Waals surface area contributed by atoms with Gasteiger partial charge in [-0.05, 0) is 47.6 Å². The fraction of sp³-hybridized carbons (Fsp3) is 0.231. The average molecular weight is 371 g/mol. The number of benzene rings is 1. The Hall–Kier alpha value is -1.51. The van der Waals surface area contributed by atoms with Gasteiger partial charge in [0.2, 0.25) is 0 Å². The predicted molar refractivity (Wildman–Crippen MR) is 84.5 cm³/mol. The minimum Gasteiger partial charge on any atom is -0.313 e. The van der Waals surface area contributed by atoms with Crippen molar-refractivity contribution in [1.82, 2.24) is 15.3 Å². The molecule has 0 aliphatic heterocycles. The molecule has 0 fully saturated rings. The van der Waals surface area contributed by atoms with Crippen molar-refractivity contribution in [3.8, 4) is 0 Å². The van der Waals surface area contributed by atoms with Gasteiger partial charge in [0.15, 0.2) is 5.82 Å². The lowest BCUT2D eigenvalue weighted by molar-refractivity contribution is 0.600. The summed E-state index contributed by atoms with van der Waals surface area (Å²) < 4.78 is 27.4. The van der Waals surface area contributed by atoms with Crippen LogP contribution in [0.4, 0.5) is 5.82 Å². The maximum atomic E-state index is 12.2. The fourth-order valence-corrected chi connectivity index (χ4v) is 2.86. The summed E-state index contributed by atoms with van der Waals surface area (Å²) in [5.41, 5.74) is 1.01. The zero-order valence-electron chi connectivity index (χ0n) is 11.5. The van der Waals surface area contributed by atoms with Crippen LogP contribution in [0.1, 0.15) is 18.5 Å². The van der Waals surface area contributed by atoms with Gasteiger partial charge in [0.1, 0.15) is 4.60 Å². The Labute approximate surface area is 132 Å². The molecule has 0 aliphatic carbocycles. The highest BCUT2D eigenvalue weighted by molar-refractivity contribution is 9.10. The summed E-state index contributed by atoms with van der Waals surface area (Å²) in [4.78, 5) is 8.04. The van der Waals surface area contributed by atoms with E-state index in [9.17, 15) is 8.42 Å². The van der Waals surface area contributed by atoms with Gasteiger partial charge in [0, 0.05) is 6.04 Å². The quantitative estimate of drug-likeness (QED) is 0.843. The molecule has 1 atom stereocenters. The van der Waals surface area contributed by atoms with E-state index in [0.717, 1.165) is 5.56 Å². The number of sulfonamides is 1. The van der Waals surface area contributed by atoms with Gasteiger partial charge in [0.05, 0.1) is 17.3 Å². The first-order chi connectivity index (χ1) is 9.92. The van der Waals surface area contributed by atoms with Gasteiger partial charge in [-0.1, -0.05) is 12.1 Å². The minimum atomic E-state index is -3.66. The first-order valence-corrected chi connectivity index (χ1v) is 8.47. The third-order valence-corrected chi connectivity index (χ3v) is 4.76. The number of halogens is 1. The van der Waals surface area contributed by atoms with Crippen molar-refractivity contribution >= 4 is 31.8 Å². The van der Waals surface area contributed by atoms with Crippen LogP contribution in [0.5, 0.6) is 0 Å². The van der Waals surface area contributed by atoms with Gasteiger partial charge in [0.25, 0.3) is 10.0 Å². The Balaban J connectivity index is 2.21. The van der Waals surface area contributed by atoms with Gasteiger partial charge in [-0.25, -0.2) is 18.4 Å². The molecule has 0 bridgehead atoms. The van der Waals surface area contributed by atoms with E-state index in [-0.39, 0.29) is 16.8 Å². The molecule has 21 heavy (non-hydrogen) atoms. The second-order valence-corrected chi connectivity index (χ2v) is 6.90. The Morgan fingerprint density at radius 1 is 1.14 bits per heavy atom. The molecule has 0 amide bonds. The van der Waals surface area contributed by atoms with Crippen molar-refractivity contribution in [2.45, 2.75) is 17.9 Å². The minimum absolute atomic E-state index is 0.159. The number of hydrogen-bond acceptors (Lipinski definition) is 5. The molecule has 0 saturated heterocycles. The van der Waals surface area contributed by atoms with E-state index in [0.29, 0.717) is 4.60 Å². The highest BCUT2D eigenvalue weighted by atomic mass is 79.9. The smallest absolute Gasteiger partial charge is 0.263 e. The normalized spacial score (nSPS) is 12.9. The van der Waals surface area contributed by atoms with Crippen LogP contribution in [0.25, 0.3) is 0 Å². The van der Waals surface area contributed by atoms with Gasteiger partial charge in [-0.3, -0.25) is 4.72 Å². The van der Waals surface area contributed by atoms with E-state index in [1.807, 2.05) is 14.0 Å². The predicted octanol–water partition coefficient (Wildman–Crippen LogP) is 2.32. The molecule has 112 valence electrons. The lowest BCUT2D eigenvalue weighted by Crippen LogP contribution is -2.15. The number of hydrogen-bond donors (Lipinski definition) is 2. The van der Waals surface area contributed by atoms with E-state index in [1.165, 1.54) is 12.4 Å². The molecule has 6 nitrogen and oxygen atoms in total. The lowest BCUT2D eigenvalue weighted by atomic mass is 10.1. The molecule has 0 spiro atoms. The summed E-state index contributed by atoms with van der Waals surface area (Å²) in [5, 5.41) is 3.10. The van der Waals surface area contributed by atoms with Crippen molar-refractivity contribution in [2.75, 3.05) is 11.8 Å². The van der Waals surface area contributed by atoms with Crippen LogP contribution in [0, 0.1) is 0 Å². The molecule has 0 aliphatic rings. The molecule has 2 rings (SSSR count). The van der Waals surface area contributed by atoms with E-state index >= 15 is 0 Å². The molecule has 8 heteroatoms. The van der Waals surface area contributed by atoms with E-state index in [1.54, 1.807) is 24.3 Å². The maximum absolute atomic E-state index is 12.2. The van der Waals surface area contributed by atoms with E-state index < -0.39 is 10.0 Å². The lowest BCUT2D eigenvalue weighted by Gasteiger charge is -2.12. The van der Waals surface area contributed by atoms with Crippen molar-refractivity contribution in [2.24, 2.45) is 0 Å². The zero-order chi connectivity index (χ0) is 15.5. The van der Waals surface area contributed by atoms with Crippen molar-refractivity contribution < 1.29 is 8.42 Å². The van der Waals surface area contributed by atoms with Crippen molar-refractivity contribution in [1.29, 1.82) is 0 Å². The van der Waals surface area contributed by atoms with Gasteiger partial charge in [-0.2, -0.15) is 0 Å². The zero-order valence-corrected chi connectivity index (χ0v) is 13.9. The molecule has 2 aromatic rings. The van der Waals surface area contributed by atoms with Crippen LogP contribution in [0.2, 0.25) is 0 Å². The van der Waals surface area contributed by atoms with Crippen molar-refractivity contribution in [3.05, 3.63) is 46.8 Å². The van der Waals surface area contributed by atoms with Crippen LogP contribution < -0.4 is 10.0 Å². The third-order valence-electron chi connectivity index (χ3n) is 2.98. The Morgan fingerprint density at radius 3 is 2.33 bits per heavy atom. The van der Waals surface area contributed by atoms with E-state index in [4.69, 9.17) is 0 Å². The first kappa shape index (κ1) is 15.9. The number of rotatable bonds is 5. The second kappa shape index (κ2) is 6.50. The molecule has 0 saturated carbocycles. The highest BCUT2D eigenvalue weighted by Gasteiger charge is 2.15. The number of aromatic nitrogens is 2. The van der Waals surface area contributed by atoms with Crippen LogP contribution in [-0.2, 0) is 10.0 Å². The van der Waals surface area contributed by atoms with Crippen LogP contribution in [-0.4, -0.2) is 25.4 Å². The summed E-state index contributed by atoms with van der Waals surface area (Å²) >= 11 is 3.14. The third kappa shape index (κ3) is 3.99. The maximum Gasteiger partial charge on any atom is 0.263 e. The molecule has 1 heterocycles. The molecule has 0 radical (unpaired) electrons. The van der Waals surface area contributed by atoms with Gasteiger partial charge < -0.3 is 5.32 Å². The van der Waals surface area contributed by atoms with Crippen LogP contribution >= 0.6 is 15.9 Å². The summed E-state index contributed by atoms with van der Waals surface area (Å²) in [6.45, 7) is 2.00. The molecule has 2 N–H and O–H groups in total. The van der Waals surface area contributed by atoms with E-state index in [2.05, 4.69) is 35.9 Å². The van der Waals surface area contributed by atoms with Crippen LogP contribution in [0.15, 0.2) is 46.2 Å². The average Bonchev–Trinajstić information content (AvgIpc) is 2.49. The van der Waals surface area contributed by atoms with Crippen LogP contribution in [0.3, 0.4) is 0 Å². The molecule has 1 aromatic heterocycles. The summed E-state index contributed by atoms with van der Waals surface area (Å²) in [6, 6.07) is 6.86. The van der Waals surface area contributed by atoms with Crippen molar-refractivity contribution in [3.63, 3.8) is 0 Å². The summed E-state index contributed by atoms with van der Waals surface area (Å²) in [5.74, 6) is 0.172. The molecule has 1 unspecified atom stereocenters. The Morgan fingerprint density at radius 2 is 1.81 bits per heavy atom. The second-order valence-electron chi connectivity index (χ2n) is 4.41. The fourth-order valence-electron chi connectivity index (χ4n) is 1.66. The molecular formula is C13H15BrN4O2S. The Kier molecular flexibility index (Phi) is 4.92. The summed E-state index contributed by atoms with van der Waals surface area (Å²) in [6.07, 6.45) is 2.77. The Bertz CT molecular complexity index is 702. The number of nitrogens with one attached hydrogen (secondary N) is 2. The summed E-state index contributed by atoms with van der Waals surface area (Å²) in [7, 11) is -1.81.